The zero-order chi connectivity index (χ0) is 15.2. The van der Waals surface area contributed by atoms with Crippen molar-refractivity contribution in [3.63, 3.8) is 0 Å². The lowest BCUT2D eigenvalue weighted by molar-refractivity contribution is -0.0155. The number of morpholine rings is 1. The highest BCUT2D eigenvalue weighted by atomic mass is 32.1. The maximum Gasteiger partial charge on any atom is 0.317 e. The summed E-state index contributed by atoms with van der Waals surface area (Å²) in [6.07, 6.45) is 1.12. The van der Waals surface area contributed by atoms with Gasteiger partial charge in [-0.1, -0.05) is 13.0 Å². The van der Waals surface area contributed by atoms with Crippen molar-refractivity contribution in [3.8, 4) is 0 Å². The van der Waals surface area contributed by atoms with E-state index in [1.807, 2.05) is 25.1 Å². The molecule has 0 bridgehead atoms. The molecule has 0 radical (unpaired) electrons. The third kappa shape index (κ3) is 4.43. The van der Waals surface area contributed by atoms with E-state index < -0.39 is 0 Å². The number of amides is 2. The quantitative estimate of drug-likeness (QED) is 0.906. The van der Waals surface area contributed by atoms with Crippen molar-refractivity contribution in [2.75, 3.05) is 40.3 Å². The molecule has 2 rings (SSSR count). The molecule has 1 fully saturated rings. The number of carbonyl (C=O) groups is 1. The second kappa shape index (κ2) is 7.77. The Hall–Kier alpha value is -1.11. The molecule has 2 atom stereocenters. The normalized spacial score (nSPS) is 20.6. The zero-order valence-corrected chi connectivity index (χ0v) is 13.9. The molecule has 1 aromatic rings. The van der Waals surface area contributed by atoms with Crippen molar-refractivity contribution in [2.45, 2.75) is 25.5 Å². The summed E-state index contributed by atoms with van der Waals surface area (Å²) in [7, 11) is 4.08. The Morgan fingerprint density at radius 2 is 2.43 bits per heavy atom. The number of hydrogen-bond acceptors (Lipinski definition) is 4. The molecular weight excluding hydrogens is 286 g/mol. The molecule has 2 heterocycles. The number of likely N-dealkylation sites (N-methyl/N-ethyl adjacent to an activating group) is 1. The lowest BCUT2D eigenvalue weighted by atomic mass is 10.2. The van der Waals surface area contributed by atoms with Crippen LogP contribution < -0.4 is 5.32 Å². The van der Waals surface area contributed by atoms with Crippen LogP contribution in [0.3, 0.4) is 0 Å². The lowest BCUT2D eigenvalue weighted by Gasteiger charge is -2.33. The van der Waals surface area contributed by atoms with Crippen LogP contribution in [0.2, 0.25) is 0 Å². The van der Waals surface area contributed by atoms with Gasteiger partial charge in [0.05, 0.1) is 18.8 Å². The number of ether oxygens (including phenoxy) is 1. The smallest absolute Gasteiger partial charge is 0.317 e. The van der Waals surface area contributed by atoms with Crippen LogP contribution in [-0.4, -0.2) is 62.3 Å². The summed E-state index contributed by atoms with van der Waals surface area (Å²) < 4.78 is 5.60. The Kier molecular flexibility index (Phi) is 6.02. The van der Waals surface area contributed by atoms with E-state index in [1.54, 1.807) is 11.3 Å². The number of hydrogen-bond donors (Lipinski definition) is 1. The van der Waals surface area contributed by atoms with Gasteiger partial charge >= 0.3 is 6.03 Å². The molecule has 0 aromatic carbocycles. The first-order valence-corrected chi connectivity index (χ1v) is 8.34. The molecule has 0 aliphatic carbocycles. The Balaban J connectivity index is 1.87. The summed E-state index contributed by atoms with van der Waals surface area (Å²) in [5.41, 5.74) is 0. The fourth-order valence-electron chi connectivity index (χ4n) is 2.47. The van der Waals surface area contributed by atoms with Crippen LogP contribution in [0.15, 0.2) is 17.5 Å². The predicted molar refractivity (Wildman–Crippen MR) is 85.7 cm³/mol. The summed E-state index contributed by atoms with van der Waals surface area (Å²) in [6, 6.07) is 4.40. The van der Waals surface area contributed by atoms with Gasteiger partial charge in [0.1, 0.15) is 0 Å². The van der Waals surface area contributed by atoms with Crippen molar-refractivity contribution in [2.24, 2.45) is 0 Å². The van der Waals surface area contributed by atoms with Crippen LogP contribution in [0.25, 0.3) is 0 Å². The summed E-state index contributed by atoms with van der Waals surface area (Å²) in [5.74, 6) is 0. The molecule has 1 aromatic heterocycles. The highest BCUT2D eigenvalue weighted by Gasteiger charge is 2.24. The van der Waals surface area contributed by atoms with Crippen molar-refractivity contribution in [3.05, 3.63) is 22.4 Å². The fraction of sp³-hybridized carbons (Fsp3) is 0.667. The van der Waals surface area contributed by atoms with Gasteiger partial charge in [-0.3, -0.25) is 0 Å². The van der Waals surface area contributed by atoms with Gasteiger partial charge in [-0.25, -0.2) is 4.79 Å². The van der Waals surface area contributed by atoms with Crippen molar-refractivity contribution < 1.29 is 9.53 Å². The molecule has 5 nitrogen and oxygen atoms in total. The summed E-state index contributed by atoms with van der Waals surface area (Å²) in [5, 5.41) is 5.13. The van der Waals surface area contributed by atoms with Gasteiger partial charge < -0.3 is 19.9 Å². The Morgan fingerprint density at radius 1 is 1.62 bits per heavy atom. The first-order chi connectivity index (χ1) is 10.1. The van der Waals surface area contributed by atoms with Crippen molar-refractivity contribution in [1.29, 1.82) is 0 Å². The molecule has 1 saturated heterocycles. The van der Waals surface area contributed by atoms with E-state index in [-0.39, 0.29) is 18.2 Å². The van der Waals surface area contributed by atoms with Crippen LogP contribution in [0, 0.1) is 0 Å². The second-order valence-corrected chi connectivity index (χ2v) is 6.51. The van der Waals surface area contributed by atoms with E-state index in [0.29, 0.717) is 26.2 Å². The minimum atomic E-state index is 0.0140. The Labute approximate surface area is 130 Å². The van der Waals surface area contributed by atoms with Gasteiger partial charge in [0.15, 0.2) is 0 Å². The molecule has 2 amide bonds. The van der Waals surface area contributed by atoms with E-state index in [0.717, 1.165) is 6.42 Å². The monoisotopic (exact) mass is 311 g/mol. The molecule has 0 saturated carbocycles. The van der Waals surface area contributed by atoms with Crippen LogP contribution in [0.5, 0.6) is 0 Å². The Morgan fingerprint density at radius 3 is 3.05 bits per heavy atom. The van der Waals surface area contributed by atoms with Gasteiger partial charge in [-0.05, 0) is 32.0 Å². The number of urea groups is 1. The standard InChI is InChI=1S/C15H25N3O2S/c1-4-12-11-18(7-8-20-12)15(19)16-10-13(17(2)3)14-6-5-9-21-14/h5-6,9,12-13H,4,7-8,10-11H2,1-3H3,(H,16,19)/t12-,13-/m1/s1. The van der Waals surface area contributed by atoms with E-state index in [1.165, 1.54) is 4.88 Å². The first kappa shape index (κ1) is 16.3. The molecule has 1 aliphatic rings. The highest BCUT2D eigenvalue weighted by molar-refractivity contribution is 7.10. The summed E-state index contributed by atoms with van der Waals surface area (Å²) >= 11 is 1.72. The third-order valence-electron chi connectivity index (χ3n) is 3.82. The average molecular weight is 311 g/mol. The minimum Gasteiger partial charge on any atom is -0.375 e. The number of thiophene rings is 1. The number of nitrogens with one attached hydrogen (secondary N) is 1. The summed E-state index contributed by atoms with van der Waals surface area (Å²) in [4.78, 5) is 17.6. The maximum absolute atomic E-state index is 12.3. The largest absolute Gasteiger partial charge is 0.375 e. The molecule has 6 heteroatoms. The van der Waals surface area contributed by atoms with Crippen LogP contribution >= 0.6 is 11.3 Å². The van der Waals surface area contributed by atoms with Crippen LogP contribution in [0.1, 0.15) is 24.3 Å². The molecule has 1 aliphatic heterocycles. The molecule has 118 valence electrons. The Bertz CT molecular complexity index is 436. The molecule has 0 spiro atoms. The van der Waals surface area contributed by atoms with Gasteiger partial charge in [0, 0.05) is 24.5 Å². The number of rotatable bonds is 5. The van der Waals surface area contributed by atoms with Gasteiger partial charge in [-0.2, -0.15) is 0 Å². The lowest BCUT2D eigenvalue weighted by Crippen LogP contribution is -2.50. The van der Waals surface area contributed by atoms with E-state index in [4.69, 9.17) is 4.74 Å². The van der Waals surface area contributed by atoms with Gasteiger partial charge in [0.25, 0.3) is 0 Å². The maximum atomic E-state index is 12.3. The minimum absolute atomic E-state index is 0.0140. The molecule has 0 unspecified atom stereocenters. The second-order valence-electron chi connectivity index (χ2n) is 5.53. The van der Waals surface area contributed by atoms with Gasteiger partial charge in [-0.15, -0.1) is 11.3 Å². The highest BCUT2D eigenvalue weighted by Crippen LogP contribution is 2.22. The first-order valence-electron chi connectivity index (χ1n) is 7.46. The molecular formula is C15H25N3O2S. The fourth-order valence-corrected chi connectivity index (χ4v) is 3.39. The molecule has 1 N–H and O–H groups in total. The van der Waals surface area contributed by atoms with Crippen molar-refractivity contribution in [1.82, 2.24) is 15.1 Å². The topological polar surface area (TPSA) is 44.8 Å². The number of nitrogens with zero attached hydrogens (tertiary/aromatic N) is 2. The van der Waals surface area contributed by atoms with E-state index in [9.17, 15) is 4.79 Å². The van der Waals surface area contributed by atoms with Crippen molar-refractivity contribution >= 4 is 17.4 Å². The van der Waals surface area contributed by atoms with Crippen LogP contribution in [-0.2, 0) is 4.74 Å². The SMILES string of the molecule is CC[C@@H]1CN(C(=O)NC[C@H](c2cccs2)N(C)C)CCO1. The van der Waals surface area contributed by atoms with Gasteiger partial charge in [0.2, 0.25) is 0 Å². The third-order valence-corrected chi connectivity index (χ3v) is 4.80. The van der Waals surface area contributed by atoms with E-state index in [2.05, 4.69) is 28.6 Å². The number of carbonyl (C=O) groups excluding carboxylic acids is 1. The summed E-state index contributed by atoms with van der Waals surface area (Å²) in [6.45, 7) is 4.71. The zero-order valence-electron chi connectivity index (χ0n) is 13.0. The van der Waals surface area contributed by atoms with Crippen LogP contribution in [0.4, 0.5) is 4.79 Å². The predicted octanol–water partition coefficient (Wildman–Crippen LogP) is 2.17. The van der Waals surface area contributed by atoms with E-state index >= 15 is 0 Å². The average Bonchev–Trinajstić information content (AvgIpc) is 3.01. The molecule has 21 heavy (non-hydrogen) atoms.